The number of benzene rings is 20. The van der Waals surface area contributed by atoms with E-state index in [1.54, 1.807) is 0 Å². The fraction of sp³-hybridized carbons (Fsp3) is 0.0977. The molecule has 3 heteroatoms. The van der Waals surface area contributed by atoms with E-state index in [1.165, 1.54) is 178 Å². The van der Waals surface area contributed by atoms with E-state index in [0.29, 0.717) is 0 Å². The predicted octanol–water partition coefficient (Wildman–Crippen LogP) is 35.8. The molecule has 0 amide bonds. The molecule has 26 rings (SSSR count). The normalized spacial score (nSPS) is 14.3. The molecule has 1 aromatic heterocycles. The summed E-state index contributed by atoms with van der Waals surface area (Å²) < 4.78 is 6.51. The van der Waals surface area contributed by atoms with Crippen LogP contribution in [0, 0.1) is 0 Å². The van der Waals surface area contributed by atoms with E-state index in [2.05, 4.69) is 520 Å². The molecule has 0 radical (unpaired) electrons. The summed E-state index contributed by atoms with van der Waals surface area (Å²) in [5, 5.41) is 2.27. The molecule has 3 nitrogen and oxygen atoms in total. The SMILES string of the molecule is CC1(C)c2ccccc2-c2ccc(N(c3ccc(-c4cccc5c4-c4ccc(-c6cccc7c6-c6ccccc6C7(C)C)cc4C5(C)C)cc3)c3ccccc3-c3ccccc3)cc21.CC1(C)c2ccccc2-c2ccc(N(c3ccc(-c4cccc5c4-c4ccc(-c6ccccc6)cc4C5(c4ccccc4)c4ccccc4)cc3)c3ccc(-c4cccc5c4oc4ccccc45)cc3)cc21. The molecule has 20 aromatic carbocycles. The number of hydrogen-bond acceptors (Lipinski definition) is 3. The molecule has 0 aliphatic heterocycles. The smallest absolute Gasteiger partial charge is 0.143 e. The first kappa shape index (κ1) is 81.8. The zero-order valence-electron chi connectivity index (χ0n) is 77.7. The van der Waals surface area contributed by atoms with Crippen LogP contribution in [-0.4, -0.2) is 0 Å². The van der Waals surface area contributed by atoms with Gasteiger partial charge in [-0.1, -0.05) is 432 Å². The molecule has 648 valence electrons. The first-order chi connectivity index (χ1) is 66.5. The van der Waals surface area contributed by atoms with Gasteiger partial charge in [-0.05, 0) is 263 Å². The van der Waals surface area contributed by atoms with E-state index >= 15 is 0 Å². The lowest BCUT2D eigenvalue weighted by atomic mass is 9.67. The lowest BCUT2D eigenvalue weighted by Crippen LogP contribution is -2.28. The molecule has 136 heavy (non-hydrogen) atoms. The standard InChI is InChI=1S/C70H49NO.C63H51N/c1-69(2)62-29-14-12-24-57(62)58-43-41-54(45-64(58)69)71(53-39-34-48(35-40-53)56-27-16-28-60-59-25-13-15-31-66(59)72-68(56)60)52-37-32-47(33-38-52)55-26-17-30-63-67(55)61-42-36-49(46-18-6-3-7-19-46)44-65(61)70(63,50-20-8-4-9-21-50)51-22-10-5-11-23-51;1-61(2)53-26-14-11-22-50(53)60-47(24-17-27-54(60)61)42-32-36-51-56(38-42)63(5,6)55-28-16-23-46(59(51)55)41-30-33-43(34-31-41)64(58-29-15-12-20-45(58)40-18-8-7-9-19-40)44-35-37-49-48-21-10-13-25-52(48)62(3,4)57(49)39-44/h3-45H,1-2H3;7-39H,1-6H3. The molecule has 1 heterocycles. The quantitative estimate of drug-likeness (QED) is 0.108. The number of fused-ring (bicyclic) bond motifs is 18. The number of nitrogens with zero attached hydrogens (tertiary/aromatic N) is 2. The lowest BCUT2D eigenvalue weighted by molar-refractivity contribution is 0.660. The molecule has 5 aliphatic rings. The number of anilines is 6. The third-order valence-electron chi connectivity index (χ3n) is 30.9. The van der Waals surface area contributed by atoms with Crippen molar-refractivity contribution in [3.8, 4) is 122 Å². The first-order valence-electron chi connectivity index (χ1n) is 47.9. The van der Waals surface area contributed by atoms with Crippen LogP contribution in [0.25, 0.3) is 144 Å². The Hall–Kier alpha value is -16.2. The number of para-hydroxylation sites is 3. The number of hydrogen-bond donors (Lipinski definition) is 0. The van der Waals surface area contributed by atoms with Crippen molar-refractivity contribution in [3.63, 3.8) is 0 Å². The Kier molecular flexibility index (Phi) is 18.9. The fourth-order valence-corrected chi connectivity index (χ4v) is 24.2. The van der Waals surface area contributed by atoms with Crippen LogP contribution in [0.5, 0.6) is 0 Å². The van der Waals surface area contributed by atoms with Crippen LogP contribution < -0.4 is 9.80 Å². The van der Waals surface area contributed by atoms with Crippen molar-refractivity contribution in [2.24, 2.45) is 0 Å². The van der Waals surface area contributed by atoms with Crippen LogP contribution in [0.15, 0.2) is 465 Å². The van der Waals surface area contributed by atoms with Crippen molar-refractivity contribution < 1.29 is 4.42 Å². The van der Waals surface area contributed by atoms with Gasteiger partial charge in [0.25, 0.3) is 0 Å². The third kappa shape index (κ3) is 12.6. The Morgan fingerprint density at radius 2 is 0.493 bits per heavy atom. The van der Waals surface area contributed by atoms with Crippen LogP contribution in [-0.2, 0) is 27.1 Å². The van der Waals surface area contributed by atoms with E-state index in [-0.39, 0.29) is 21.7 Å². The van der Waals surface area contributed by atoms with Gasteiger partial charge in [0.15, 0.2) is 0 Å². The molecule has 0 bridgehead atoms. The van der Waals surface area contributed by atoms with Crippen molar-refractivity contribution in [2.45, 2.75) is 82.5 Å². The zero-order chi connectivity index (χ0) is 91.5. The molecule has 0 saturated heterocycles. The maximum absolute atomic E-state index is 6.51. The van der Waals surface area contributed by atoms with Gasteiger partial charge in [0, 0.05) is 72.0 Å². The minimum Gasteiger partial charge on any atom is -0.455 e. The minimum absolute atomic E-state index is 0.0361. The Bertz CT molecular complexity index is 8320. The summed E-state index contributed by atoms with van der Waals surface area (Å²) in [5.74, 6) is 0. The van der Waals surface area contributed by atoms with Gasteiger partial charge in [-0.15, -0.1) is 0 Å². The highest BCUT2D eigenvalue weighted by molar-refractivity contribution is 6.10. The lowest BCUT2D eigenvalue weighted by Gasteiger charge is -2.34. The van der Waals surface area contributed by atoms with Crippen LogP contribution >= 0.6 is 0 Å². The van der Waals surface area contributed by atoms with Crippen LogP contribution in [0.3, 0.4) is 0 Å². The van der Waals surface area contributed by atoms with Crippen LogP contribution in [0.1, 0.15) is 122 Å². The summed E-state index contributed by atoms with van der Waals surface area (Å²) in [4.78, 5) is 4.88. The first-order valence-corrected chi connectivity index (χ1v) is 47.9. The van der Waals surface area contributed by atoms with Crippen molar-refractivity contribution in [3.05, 3.63) is 528 Å². The van der Waals surface area contributed by atoms with Gasteiger partial charge >= 0.3 is 0 Å². The topological polar surface area (TPSA) is 19.6 Å². The van der Waals surface area contributed by atoms with Gasteiger partial charge in [0.1, 0.15) is 11.2 Å². The van der Waals surface area contributed by atoms with Gasteiger partial charge < -0.3 is 14.2 Å². The van der Waals surface area contributed by atoms with E-state index < -0.39 is 5.41 Å². The average molecular weight is 1740 g/mol. The second-order valence-corrected chi connectivity index (χ2v) is 39.6. The maximum Gasteiger partial charge on any atom is 0.143 e. The summed E-state index contributed by atoms with van der Waals surface area (Å²) >= 11 is 0. The highest BCUT2D eigenvalue weighted by Gasteiger charge is 2.48. The van der Waals surface area contributed by atoms with Crippen LogP contribution in [0.2, 0.25) is 0 Å². The van der Waals surface area contributed by atoms with Gasteiger partial charge in [0.05, 0.1) is 11.1 Å². The summed E-state index contributed by atoms with van der Waals surface area (Å²) in [7, 11) is 0. The Balaban J connectivity index is 0.000000146. The van der Waals surface area contributed by atoms with E-state index in [1.807, 2.05) is 6.07 Å². The number of furan rings is 1. The van der Waals surface area contributed by atoms with E-state index in [0.717, 1.165) is 67.2 Å². The minimum atomic E-state index is -0.534. The van der Waals surface area contributed by atoms with Gasteiger partial charge in [-0.2, -0.15) is 0 Å². The van der Waals surface area contributed by atoms with Gasteiger partial charge in [-0.25, -0.2) is 0 Å². The van der Waals surface area contributed by atoms with E-state index in [4.69, 9.17) is 4.42 Å². The van der Waals surface area contributed by atoms with Crippen molar-refractivity contribution >= 4 is 56.1 Å². The molecule has 0 spiro atoms. The predicted molar refractivity (Wildman–Crippen MR) is 570 cm³/mol. The molecule has 5 aliphatic carbocycles. The number of rotatable bonds is 14. The highest BCUT2D eigenvalue weighted by atomic mass is 16.3. The van der Waals surface area contributed by atoms with E-state index in [9.17, 15) is 0 Å². The maximum atomic E-state index is 6.51. The fourth-order valence-electron chi connectivity index (χ4n) is 24.2. The van der Waals surface area contributed by atoms with Crippen molar-refractivity contribution in [2.75, 3.05) is 9.80 Å². The monoisotopic (exact) mass is 1740 g/mol. The summed E-state index contributed by atoms with van der Waals surface area (Å²) in [6.45, 7) is 19.0. The molecule has 0 N–H and O–H groups in total. The average Bonchev–Trinajstić information content (AvgIpc) is 1.53. The largest absolute Gasteiger partial charge is 0.455 e. The van der Waals surface area contributed by atoms with Gasteiger partial charge in [-0.3, -0.25) is 0 Å². The van der Waals surface area contributed by atoms with Gasteiger partial charge in [0.2, 0.25) is 0 Å². The molecular weight excluding hydrogens is 1640 g/mol. The zero-order valence-corrected chi connectivity index (χ0v) is 77.7. The third-order valence-corrected chi connectivity index (χ3v) is 30.9. The van der Waals surface area contributed by atoms with Crippen LogP contribution in [0.4, 0.5) is 34.1 Å². The Morgan fingerprint density at radius 1 is 0.176 bits per heavy atom. The molecule has 0 unspecified atom stereocenters. The Labute approximate surface area is 797 Å². The van der Waals surface area contributed by atoms with Crippen molar-refractivity contribution in [1.82, 2.24) is 0 Å². The summed E-state index contributed by atoms with van der Waals surface area (Å²) in [5.41, 5.74) is 51.4. The van der Waals surface area contributed by atoms with Crippen molar-refractivity contribution in [1.29, 1.82) is 0 Å². The molecule has 0 fully saturated rings. The summed E-state index contributed by atoms with van der Waals surface area (Å²) in [6.07, 6.45) is 0. The molecule has 21 aromatic rings. The molecule has 0 saturated carbocycles. The molecule has 0 atom stereocenters. The second-order valence-electron chi connectivity index (χ2n) is 39.6. The highest BCUT2D eigenvalue weighted by Crippen LogP contribution is 2.62. The second kappa shape index (κ2) is 31.5. The Morgan fingerprint density at radius 3 is 1.05 bits per heavy atom. The summed E-state index contributed by atoms with van der Waals surface area (Å²) in [6, 6.07) is 171. The molecular formula is C133H100N2O.